The average molecular weight is 349 g/mol. The van der Waals surface area contributed by atoms with Crippen LogP contribution in [-0.4, -0.2) is 24.0 Å². The summed E-state index contributed by atoms with van der Waals surface area (Å²) >= 11 is 6.14. The molecule has 0 bridgehead atoms. The van der Waals surface area contributed by atoms with E-state index < -0.39 is 4.92 Å². The lowest BCUT2D eigenvalue weighted by Crippen LogP contribution is -2.17. The number of nitrogens with one attached hydrogen (secondary N) is 1. The monoisotopic (exact) mass is 348 g/mol. The predicted octanol–water partition coefficient (Wildman–Crippen LogP) is 3.20. The lowest BCUT2D eigenvalue weighted by atomic mass is 10.1. The molecule has 7 nitrogen and oxygen atoms in total. The number of rotatable bonds is 4. The fourth-order valence-electron chi connectivity index (χ4n) is 2.32. The lowest BCUT2D eigenvalue weighted by Gasteiger charge is -2.20. The normalized spacial score (nSPS) is 12.5. The number of nitro groups is 1. The van der Waals surface area contributed by atoms with Gasteiger partial charge in [0, 0.05) is 17.8 Å². The number of amides is 1. The maximum Gasteiger partial charge on any atom is 0.269 e. The third kappa shape index (κ3) is 3.57. The maximum atomic E-state index is 12.1. The summed E-state index contributed by atoms with van der Waals surface area (Å²) in [4.78, 5) is 22.2. The second-order valence-corrected chi connectivity index (χ2v) is 5.54. The van der Waals surface area contributed by atoms with E-state index in [0.717, 1.165) is 0 Å². The Morgan fingerprint density at radius 2 is 1.92 bits per heavy atom. The lowest BCUT2D eigenvalue weighted by molar-refractivity contribution is -0.384. The van der Waals surface area contributed by atoms with E-state index >= 15 is 0 Å². The van der Waals surface area contributed by atoms with Crippen molar-refractivity contribution in [2.45, 2.75) is 6.42 Å². The van der Waals surface area contributed by atoms with Gasteiger partial charge in [0.05, 0.1) is 16.4 Å². The number of nitro benzene ring substituents is 1. The number of carbonyl (C=O) groups is 1. The Morgan fingerprint density at radius 1 is 1.21 bits per heavy atom. The topological polar surface area (TPSA) is 90.7 Å². The Bertz CT molecular complexity index is 792. The minimum absolute atomic E-state index is 0.0355. The number of non-ortho nitro benzene ring substituents is 1. The smallest absolute Gasteiger partial charge is 0.269 e. The predicted molar refractivity (Wildman–Crippen MR) is 87.9 cm³/mol. The van der Waals surface area contributed by atoms with Gasteiger partial charge in [-0.05, 0) is 29.8 Å². The van der Waals surface area contributed by atoms with Gasteiger partial charge in [-0.15, -0.1) is 0 Å². The largest absolute Gasteiger partial charge is 0.486 e. The number of hydrogen-bond acceptors (Lipinski definition) is 5. The first-order chi connectivity index (χ1) is 11.5. The van der Waals surface area contributed by atoms with E-state index in [2.05, 4.69) is 5.32 Å². The molecule has 0 atom stereocenters. The highest BCUT2D eigenvalue weighted by Gasteiger charge is 2.17. The van der Waals surface area contributed by atoms with E-state index in [1.165, 1.54) is 24.3 Å². The van der Waals surface area contributed by atoms with Crippen LogP contribution in [0.15, 0.2) is 36.4 Å². The first-order valence-electron chi connectivity index (χ1n) is 7.15. The molecule has 1 N–H and O–H groups in total. The summed E-state index contributed by atoms with van der Waals surface area (Å²) in [6.07, 6.45) is 0.0906. The van der Waals surface area contributed by atoms with Crippen LogP contribution in [0.5, 0.6) is 11.5 Å². The number of ether oxygens (including phenoxy) is 2. The van der Waals surface area contributed by atoms with E-state index in [-0.39, 0.29) is 18.0 Å². The van der Waals surface area contributed by atoms with Crippen molar-refractivity contribution in [3.63, 3.8) is 0 Å². The molecular weight excluding hydrogens is 336 g/mol. The van der Waals surface area contributed by atoms with Crippen LogP contribution < -0.4 is 14.8 Å². The highest BCUT2D eigenvalue weighted by Crippen LogP contribution is 2.38. The van der Waals surface area contributed by atoms with Crippen LogP contribution in [0.1, 0.15) is 5.56 Å². The van der Waals surface area contributed by atoms with Gasteiger partial charge in [-0.3, -0.25) is 14.9 Å². The molecule has 8 heteroatoms. The maximum absolute atomic E-state index is 12.1. The molecule has 24 heavy (non-hydrogen) atoms. The first-order valence-corrected chi connectivity index (χ1v) is 7.53. The average Bonchev–Trinajstić information content (AvgIpc) is 2.55. The molecule has 0 spiro atoms. The molecule has 0 saturated heterocycles. The van der Waals surface area contributed by atoms with Gasteiger partial charge < -0.3 is 14.8 Å². The second kappa shape index (κ2) is 6.76. The van der Waals surface area contributed by atoms with Crippen LogP contribution in [0, 0.1) is 10.1 Å². The molecule has 0 aliphatic carbocycles. The minimum Gasteiger partial charge on any atom is -0.486 e. The van der Waals surface area contributed by atoms with Gasteiger partial charge >= 0.3 is 0 Å². The van der Waals surface area contributed by atoms with Crippen LogP contribution in [0.25, 0.3) is 0 Å². The molecule has 124 valence electrons. The fraction of sp³-hybridized carbons (Fsp3) is 0.188. The van der Waals surface area contributed by atoms with Crippen LogP contribution in [0.3, 0.4) is 0 Å². The molecule has 1 aliphatic heterocycles. The molecule has 0 fully saturated rings. The van der Waals surface area contributed by atoms with Crippen LogP contribution in [0.4, 0.5) is 11.4 Å². The molecule has 0 unspecified atom stereocenters. The van der Waals surface area contributed by atoms with Gasteiger partial charge in [0.2, 0.25) is 5.91 Å². The summed E-state index contributed by atoms with van der Waals surface area (Å²) < 4.78 is 10.9. The van der Waals surface area contributed by atoms with Crippen molar-refractivity contribution in [1.29, 1.82) is 0 Å². The van der Waals surface area contributed by atoms with Crippen molar-refractivity contribution in [1.82, 2.24) is 0 Å². The van der Waals surface area contributed by atoms with Crippen molar-refractivity contribution in [3.05, 3.63) is 57.1 Å². The van der Waals surface area contributed by atoms with Crippen molar-refractivity contribution in [2.24, 2.45) is 0 Å². The molecule has 1 heterocycles. The quantitative estimate of drug-likeness (QED) is 0.676. The molecule has 2 aromatic carbocycles. The van der Waals surface area contributed by atoms with Crippen LogP contribution >= 0.6 is 11.6 Å². The number of nitrogens with zero attached hydrogens (tertiary/aromatic N) is 1. The number of hydrogen-bond donors (Lipinski definition) is 1. The molecule has 1 amide bonds. The molecule has 0 aromatic heterocycles. The summed E-state index contributed by atoms with van der Waals surface area (Å²) in [6, 6.07) is 8.99. The Morgan fingerprint density at radius 3 is 2.62 bits per heavy atom. The van der Waals surface area contributed by atoms with Crippen molar-refractivity contribution in [3.8, 4) is 11.5 Å². The van der Waals surface area contributed by atoms with E-state index in [1.807, 2.05) is 0 Å². The summed E-state index contributed by atoms with van der Waals surface area (Å²) in [5.41, 5.74) is 1.13. The number of anilines is 1. The van der Waals surface area contributed by atoms with E-state index in [9.17, 15) is 14.9 Å². The molecule has 3 rings (SSSR count). The van der Waals surface area contributed by atoms with Crippen LogP contribution in [-0.2, 0) is 11.2 Å². The second-order valence-electron chi connectivity index (χ2n) is 5.13. The van der Waals surface area contributed by atoms with E-state index in [1.54, 1.807) is 12.1 Å². The van der Waals surface area contributed by atoms with Gasteiger partial charge in [-0.2, -0.15) is 0 Å². The highest BCUT2D eigenvalue weighted by atomic mass is 35.5. The standard InChI is InChI=1S/C16H13ClN2O5/c17-13-7-10(8-14-16(13)24-6-5-23-14)9-15(20)18-11-1-3-12(4-2-11)19(21)22/h1-4,7-8H,5-6,9H2,(H,18,20). The summed E-state index contributed by atoms with van der Waals surface area (Å²) in [5, 5.41) is 13.7. The fourth-order valence-corrected chi connectivity index (χ4v) is 2.61. The Hall–Kier alpha value is -2.80. The third-order valence-corrected chi connectivity index (χ3v) is 3.66. The first kappa shape index (κ1) is 16.1. The van der Waals surface area contributed by atoms with Gasteiger partial charge in [0.25, 0.3) is 5.69 Å². The number of halogens is 1. The van der Waals surface area contributed by atoms with Gasteiger partial charge in [0.1, 0.15) is 13.2 Å². The van der Waals surface area contributed by atoms with Gasteiger partial charge in [-0.1, -0.05) is 11.6 Å². The zero-order chi connectivity index (χ0) is 17.1. The van der Waals surface area contributed by atoms with Crippen molar-refractivity contribution < 1.29 is 19.2 Å². The Kier molecular flexibility index (Phi) is 4.52. The van der Waals surface area contributed by atoms with E-state index in [4.69, 9.17) is 21.1 Å². The molecule has 0 radical (unpaired) electrons. The number of carbonyl (C=O) groups excluding carboxylic acids is 1. The SMILES string of the molecule is O=C(Cc1cc(Cl)c2c(c1)OCCO2)Nc1ccc([N+](=O)[O-])cc1. The summed E-state index contributed by atoms with van der Waals surface area (Å²) in [7, 11) is 0. The zero-order valence-corrected chi connectivity index (χ0v) is 13.2. The Labute approximate surface area is 142 Å². The zero-order valence-electron chi connectivity index (χ0n) is 12.5. The third-order valence-electron chi connectivity index (χ3n) is 3.38. The summed E-state index contributed by atoms with van der Waals surface area (Å²) in [5.74, 6) is 0.742. The molecule has 1 aliphatic rings. The molecular formula is C16H13ClN2O5. The summed E-state index contributed by atoms with van der Waals surface area (Å²) in [6.45, 7) is 0.870. The number of benzene rings is 2. The van der Waals surface area contributed by atoms with Crippen LogP contribution in [0.2, 0.25) is 5.02 Å². The highest BCUT2D eigenvalue weighted by molar-refractivity contribution is 6.32. The number of fused-ring (bicyclic) bond motifs is 1. The van der Waals surface area contributed by atoms with Gasteiger partial charge in [-0.25, -0.2) is 0 Å². The van der Waals surface area contributed by atoms with Gasteiger partial charge in [0.15, 0.2) is 11.5 Å². The molecule has 0 saturated carbocycles. The van der Waals surface area contributed by atoms with E-state index in [0.29, 0.717) is 41.0 Å². The Balaban J connectivity index is 1.68. The van der Waals surface area contributed by atoms with Crippen molar-refractivity contribution >= 4 is 28.9 Å². The van der Waals surface area contributed by atoms with Crippen molar-refractivity contribution in [2.75, 3.05) is 18.5 Å². The minimum atomic E-state index is -0.497. The molecule has 2 aromatic rings.